The van der Waals surface area contributed by atoms with Crippen LogP contribution in [-0.4, -0.2) is 11.2 Å². The van der Waals surface area contributed by atoms with Gasteiger partial charge in [0.1, 0.15) is 0 Å². The Labute approximate surface area is 69.7 Å². The van der Waals surface area contributed by atoms with E-state index in [0.717, 1.165) is 15.8 Å². The number of rotatable bonds is 2. The topological polar surface area (TPSA) is 34.5 Å². The molecule has 60 valence electrons. The first-order valence-corrected chi connectivity index (χ1v) is 4.14. The average molecular weight is 170 g/mol. The van der Waals surface area contributed by atoms with Crippen LogP contribution in [0.5, 0.6) is 5.06 Å². The summed E-state index contributed by atoms with van der Waals surface area (Å²) in [6.07, 6.45) is 1.61. The van der Waals surface area contributed by atoms with Gasteiger partial charge in [0.2, 0.25) is 5.06 Å². The molecule has 1 aromatic rings. The third-order valence-electron chi connectivity index (χ3n) is 1.10. The molecule has 3 nitrogen and oxygen atoms in total. The first-order valence-electron chi connectivity index (χ1n) is 3.33. The lowest BCUT2D eigenvalue weighted by molar-refractivity contribution is 0.350. The molecular weight excluding hydrogens is 160 g/mol. The number of hydrogen-bond acceptors (Lipinski definition) is 4. The lowest BCUT2D eigenvalue weighted by atomic mass is 10.5. The normalized spacial score (nSPS) is 10.8. The van der Waals surface area contributed by atoms with E-state index >= 15 is 0 Å². The van der Waals surface area contributed by atoms with Crippen LogP contribution in [0.15, 0.2) is 5.16 Å². The van der Waals surface area contributed by atoms with E-state index in [2.05, 4.69) is 10.1 Å². The zero-order valence-corrected chi connectivity index (χ0v) is 7.60. The Kier molecular flexibility index (Phi) is 2.59. The molecule has 0 fully saturated rings. The monoisotopic (exact) mass is 170 g/mol. The van der Waals surface area contributed by atoms with Gasteiger partial charge in [0.15, 0.2) is 0 Å². The maximum atomic E-state index is 5.03. The van der Waals surface area contributed by atoms with Gasteiger partial charge in [-0.1, -0.05) is 16.5 Å². The van der Waals surface area contributed by atoms with E-state index in [0.29, 0.717) is 0 Å². The Balaban J connectivity index is 2.77. The van der Waals surface area contributed by atoms with Crippen LogP contribution < -0.4 is 4.84 Å². The molecule has 0 aliphatic rings. The zero-order valence-electron chi connectivity index (χ0n) is 6.79. The lowest BCUT2D eigenvalue weighted by Crippen LogP contribution is -1.81. The first kappa shape index (κ1) is 8.20. The van der Waals surface area contributed by atoms with Crippen LogP contribution in [0, 0.1) is 13.8 Å². The van der Waals surface area contributed by atoms with E-state index in [4.69, 9.17) is 4.84 Å². The molecule has 0 aromatic carbocycles. The molecule has 0 aliphatic heterocycles. The fourth-order valence-corrected chi connectivity index (χ4v) is 1.42. The van der Waals surface area contributed by atoms with E-state index in [1.807, 2.05) is 20.8 Å². The van der Waals surface area contributed by atoms with Gasteiger partial charge in [0.05, 0.1) is 10.7 Å². The molecule has 0 N–H and O–H groups in total. The minimum atomic E-state index is 0.778. The van der Waals surface area contributed by atoms with Crippen molar-refractivity contribution in [2.75, 3.05) is 0 Å². The van der Waals surface area contributed by atoms with Crippen LogP contribution in [0.4, 0.5) is 0 Å². The number of thiazole rings is 1. The maximum Gasteiger partial charge on any atom is 0.234 e. The van der Waals surface area contributed by atoms with Crippen molar-refractivity contribution in [2.24, 2.45) is 5.16 Å². The maximum absolute atomic E-state index is 5.03. The number of hydrogen-bond donors (Lipinski definition) is 0. The largest absolute Gasteiger partial charge is 0.344 e. The molecule has 0 saturated heterocycles. The fourth-order valence-electron chi connectivity index (χ4n) is 0.698. The highest BCUT2D eigenvalue weighted by molar-refractivity contribution is 7.13. The quantitative estimate of drug-likeness (QED) is 0.503. The Morgan fingerprint density at radius 2 is 2.27 bits per heavy atom. The second-order valence-corrected chi connectivity index (χ2v) is 3.23. The summed E-state index contributed by atoms with van der Waals surface area (Å²) in [7, 11) is 0. The van der Waals surface area contributed by atoms with E-state index in [1.165, 1.54) is 11.3 Å². The van der Waals surface area contributed by atoms with Gasteiger partial charge in [0, 0.05) is 6.21 Å². The van der Waals surface area contributed by atoms with Crippen molar-refractivity contribution in [3.8, 4) is 5.06 Å². The molecule has 0 spiro atoms. The summed E-state index contributed by atoms with van der Waals surface area (Å²) in [5, 5.41) is 5.44. The summed E-state index contributed by atoms with van der Waals surface area (Å²) in [4.78, 5) is 9.22. The smallest absolute Gasteiger partial charge is 0.234 e. The molecule has 0 amide bonds. The summed E-state index contributed by atoms with van der Waals surface area (Å²) in [5.41, 5.74) is 0.901. The molecule has 0 bridgehead atoms. The number of nitrogens with zero attached hydrogens (tertiary/aromatic N) is 2. The Hall–Kier alpha value is -0.900. The summed E-state index contributed by atoms with van der Waals surface area (Å²) in [5.74, 6) is 0. The Bertz CT molecular complexity index is 267. The van der Waals surface area contributed by atoms with Crippen molar-refractivity contribution in [2.45, 2.75) is 20.8 Å². The van der Waals surface area contributed by atoms with Crippen molar-refractivity contribution in [3.63, 3.8) is 0 Å². The van der Waals surface area contributed by atoms with Crippen molar-refractivity contribution < 1.29 is 4.84 Å². The van der Waals surface area contributed by atoms with Gasteiger partial charge in [-0.25, -0.2) is 4.98 Å². The Morgan fingerprint density at radius 1 is 1.55 bits per heavy atom. The third kappa shape index (κ3) is 2.01. The highest BCUT2D eigenvalue weighted by atomic mass is 32.1. The van der Waals surface area contributed by atoms with Gasteiger partial charge in [0.25, 0.3) is 0 Å². The molecular formula is C7H10N2OS. The molecule has 0 aliphatic carbocycles. The minimum Gasteiger partial charge on any atom is -0.344 e. The standard InChI is InChI=1S/C7H10N2OS/c1-4-8-10-7-5(2)9-6(3)11-7/h4H,1-3H3/b8-4+. The predicted octanol–water partition coefficient (Wildman–Crippen LogP) is 2.14. The van der Waals surface area contributed by atoms with Gasteiger partial charge >= 0.3 is 0 Å². The van der Waals surface area contributed by atoms with E-state index < -0.39 is 0 Å². The highest BCUT2D eigenvalue weighted by Gasteiger charge is 2.04. The van der Waals surface area contributed by atoms with Gasteiger partial charge in [-0.05, 0) is 20.8 Å². The molecule has 0 radical (unpaired) electrons. The van der Waals surface area contributed by atoms with E-state index in [1.54, 1.807) is 6.21 Å². The van der Waals surface area contributed by atoms with E-state index in [-0.39, 0.29) is 0 Å². The summed E-state index contributed by atoms with van der Waals surface area (Å²) in [6, 6.07) is 0. The second kappa shape index (κ2) is 3.48. The lowest BCUT2D eigenvalue weighted by Gasteiger charge is -1.90. The fraction of sp³-hybridized carbons (Fsp3) is 0.429. The predicted molar refractivity (Wildman–Crippen MR) is 46.4 cm³/mol. The second-order valence-electron chi connectivity index (χ2n) is 2.06. The highest BCUT2D eigenvalue weighted by Crippen LogP contribution is 2.25. The number of oxime groups is 1. The average Bonchev–Trinajstić information content (AvgIpc) is 2.26. The van der Waals surface area contributed by atoms with Gasteiger partial charge in [-0.2, -0.15) is 0 Å². The van der Waals surface area contributed by atoms with Crippen LogP contribution in [0.1, 0.15) is 17.6 Å². The van der Waals surface area contributed by atoms with Crippen molar-refractivity contribution in [1.29, 1.82) is 0 Å². The van der Waals surface area contributed by atoms with Crippen molar-refractivity contribution in [1.82, 2.24) is 4.98 Å². The molecule has 1 rings (SSSR count). The van der Waals surface area contributed by atoms with Crippen molar-refractivity contribution >= 4 is 17.6 Å². The number of aryl methyl sites for hydroxylation is 2. The first-order chi connectivity index (χ1) is 5.24. The molecule has 1 heterocycles. The molecule has 0 saturated carbocycles. The number of aromatic nitrogens is 1. The third-order valence-corrected chi connectivity index (χ3v) is 2.04. The molecule has 4 heteroatoms. The van der Waals surface area contributed by atoms with Crippen LogP contribution in [-0.2, 0) is 0 Å². The van der Waals surface area contributed by atoms with Gasteiger partial charge < -0.3 is 4.84 Å². The van der Waals surface area contributed by atoms with Gasteiger partial charge in [-0.3, -0.25) is 0 Å². The van der Waals surface area contributed by atoms with E-state index in [9.17, 15) is 0 Å². The molecule has 1 aromatic heterocycles. The van der Waals surface area contributed by atoms with Gasteiger partial charge in [-0.15, -0.1) is 0 Å². The van der Waals surface area contributed by atoms with Crippen LogP contribution in [0.2, 0.25) is 0 Å². The Morgan fingerprint density at radius 3 is 2.73 bits per heavy atom. The summed E-state index contributed by atoms with van der Waals surface area (Å²) < 4.78 is 0. The zero-order chi connectivity index (χ0) is 8.27. The molecule has 0 unspecified atom stereocenters. The molecule has 11 heavy (non-hydrogen) atoms. The van der Waals surface area contributed by atoms with Crippen molar-refractivity contribution in [3.05, 3.63) is 10.7 Å². The van der Waals surface area contributed by atoms with Crippen LogP contribution in [0.25, 0.3) is 0 Å². The van der Waals surface area contributed by atoms with Crippen LogP contribution in [0.3, 0.4) is 0 Å². The molecule has 0 atom stereocenters. The summed E-state index contributed by atoms with van der Waals surface area (Å²) >= 11 is 1.51. The summed E-state index contributed by atoms with van der Waals surface area (Å²) in [6.45, 7) is 5.66. The minimum absolute atomic E-state index is 0.778. The van der Waals surface area contributed by atoms with Crippen LogP contribution >= 0.6 is 11.3 Å². The SMILES string of the molecule is C/C=N/Oc1sc(C)nc1C.